The molecule has 0 unspecified atom stereocenters. The van der Waals surface area contributed by atoms with Crippen LogP contribution in [0.4, 0.5) is 5.69 Å². The van der Waals surface area contributed by atoms with Crippen molar-refractivity contribution < 1.29 is 4.79 Å². The summed E-state index contributed by atoms with van der Waals surface area (Å²) < 4.78 is 0. The third-order valence-electron chi connectivity index (χ3n) is 3.34. The molecule has 4 N–H and O–H groups in total. The molecule has 0 aliphatic carbocycles. The number of nitrogens with one attached hydrogen (secondary N) is 2. The standard InChI is InChI=1S/C13H21N5O/c1-10-3-4-12(15-14)11(9-10)13(19)16-18-7-5-17(2)6-8-18/h3-4,9,15H,5-8,14H2,1-2H3,(H,16,19). The first-order chi connectivity index (χ1) is 9.10. The van der Waals surface area contributed by atoms with Crippen molar-refractivity contribution in [3.8, 4) is 0 Å². The summed E-state index contributed by atoms with van der Waals surface area (Å²) in [6, 6.07) is 5.57. The predicted octanol–water partition coefficient (Wildman–Crippen LogP) is 0.173. The van der Waals surface area contributed by atoms with Gasteiger partial charge in [0, 0.05) is 26.2 Å². The topological polar surface area (TPSA) is 73.6 Å². The van der Waals surface area contributed by atoms with Crippen LogP contribution < -0.4 is 16.7 Å². The van der Waals surface area contributed by atoms with Crippen LogP contribution in [0.25, 0.3) is 0 Å². The number of hydrazine groups is 2. The number of hydrogen-bond acceptors (Lipinski definition) is 5. The van der Waals surface area contributed by atoms with Crippen molar-refractivity contribution in [2.45, 2.75) is 6.92 Å². The van der Waals surface area contributed by atoms with E-state index in [4.69, 9.17) is 5.84 Å². The van der Waals surface area contributed by atoms with Crippen molar-refractivity contribution in [2.24, 2.45) is 5.84 Å². The minimum Gasteiger partial charge on any atom is -0.323 e. The maximum absolute atomic E-state index is 12.3. The van der Waals surface area contributed by atoms with Crippen LogP contribution in [0.1, 0.15) is 15.9 Å². The van der Waals surface area contributed by atoms with E-state index in [0.717, 1.165) is 31.7 Å². The molecule has 104 valence electrons. The summed E-state index contributed by atoms with van der Waals surface area (Å²) in [5.41, 5.74) is 7.73. The van der Waals surface area contributed by atoms with Crippen molar-refractivity contribution in [2.75, 3.05) is 38.7 Å². The normalized spacial score (nSPS) is 17.2. The van der Waals surface area contributed by atoms with E-state index in [-0.39, 0.29) is 5.91 Å². The molecule has 6 heteroatoms. The fourth-order valence-electron chi connectivity index (χ4n) is 2.09. The molecule has 1 aromatic rings. The summed E-state index contributed by atoms with van der Waals surface area (Å²) in [7, 11) is 2.08. The van der Waals surface area contributed by atoms with Crippen LogP contribution in [0.2, 0.25) is 0 Å². The van der Waals surface area contributed by atoms with Gasteiger partial charge in [0.05, 0.1) is 11.3 Å². The molecule has 6 nitrogen and oxygen atoms in total. The largest absolute Gasteiger partial charge is 0.323 e. The van der Waals surface area contributed by atoms with Gasteiger partial charge in [0.25, 0.3) is 5.91 Å². The van der Waals surface area contributed by atoms with Crippen LogP contribution in [-0.4, -0.2) is 49.0 Å². The third-order valence-corrected chi connectivity index (χ3v) is 3.34. The van der Waals surface area contributed by atoms with E-state index < -0.39 is 0 Å². The highest BCUT2D eigenvalue weighted by molar-refractivity contribution is 5.99. The van der Waals surface area contributed by atoms with Gasteiger partial charge in [0.1, 0.15) is 0 Å². The average molecular weight is 263 g/mol. The highest BCUT2D eigenvalue weighted by atomic mass is 16.2. The number of benzene rings is 1. The number of nitrogens with zero attached hydrogens (tertiary/aromatic N) is 2. The molecule has 1 saturated heterocycles. The number of carbonyl (C=O) groups excluding carboxylic acids is 1. The molecule has 1 aromatic carbocycles. The van der Waals surface area contributed by atoms with Crippen molar-refractivity contribution in [3.63, 3.8) is 0 Å². The number of aryl methyl sites for hydroxylation is 1. The van der Waals surface area contributed by atoms with Crippen LogP contribution in [0.15, 0.2) is 18.2 Å². The summed E-state index contributed by atoms with van der Waals surface area (Å²) in [6.45, 7) is 5.53. The highest BCUT2D eigenvalue weighted by Gasteiger charge is 2.18. The molecule has 2 rings (SSSR count). The van der Waals surface area contributed by atoms with Crippen molar-refractivity contribution in [3.05, 3.63) is 29.3 Å². The summed E-state index contributed by atoms with van der Waals surface area (Å²) in [4.78, 5) is 14.5. The van der Waals surface area contributed by atoms with Crippen molar-refractivity contribution in [1.29, 1.82) is 0 Å². The summed E-state index contributed by atoms with van der Waals surface area (Å²) >= 11 is 0. The van der Waals surface area contributed by atoms with E-state index in [0.29, 0.717) is 11.3 Å². The fraction of sp³-hybridized carbons (Fsp3) is 0.462. The zero-order valence-electron chi connectivity index (χ0n) is 11.4. The van der Waals surface area contributed by atoms with E-state index in [2.05, 4.69) is 22.8 Å². The Balaban J connectivity index is 2.05. The number of amides is 1. The summed E-state index contributed by atoms with van der Waals surface area (Å²) in [6.07, 6.45) is 0. The van der Waals surface area contributed by atoms with Gasteiger partial charge in [-0.25, -0.2) is 5.01 Å². The second kappa shape index (κ2) is 6.01. The molecule has 1 heterocycles. The Hall–Kier alpha value is -1.63. The number of likely N-dealkylation sites (N-methyl/N-ethyl adjacent to an activating group) is 1. The molecule has 19 heavy (non-hydrogen) atoms. The Morgan fingerprint density at radius 3 is 2.58 bits per heavy atom. The second-order valence-electron chi connectivity index (χ2n) is 4.92. The van der Waals surface area contributed by atoms with Gasteiger partial charge in [0.2, 0.25) is 0 Å². The number of nitrogen functional groups attached to an aromatic ring is 1. The number of rotatable bonds is 3. The number of hydrogen-bond donors (Lipinski definition) is 3. The van der Waals surface area contributed by atoms with Gasteiger partial charge in [-0.05, 0) is 26.1 Å². The molecule has 0 aromatic heterocycles. The summed E-state index contributed by atoms with van der Waals surface area (Å²) in [5, 5.41) is 1.95. The lowest BCUT2D eigenvalue weighted by atomic mass is 10.1. The number of piperazine rings is 1. The number of nitrogens with two attached hydrogens (primary N) is 1. The maximum atomic E-state index is 12.3. The first-order valence-corrected chi connectivity index (χ1v) is 6.42. The zero-order valence-corrected chi connectivity index (χ0v) is 11.4. The lowest BCUT2D eigenvalue weighted by Gasteiger charge is -2.32. The van der Waals surface area contributed by atoms with Crippen LogP contribution in [0.3, 0.4) is 0 Å². The minimum absolute atomic E-state index is 0.124. The first kappa shape index (κ1) is 13.8. The molecular weight excluding hydrogens is 242 g/mol. The molecule has 1 fully saturated rings. The molecule has 0 radical (unpaired) electrons. The first-order valence-electron chi connectivity index (χ1n) is 6.42. The van der Waals surface area contributed by atoms with E-state index >= 15 is 0 Å². The minimum atomic E-state index is -0.124. The van der Waals surface area contributed by atoms with Crippen LogP contribution >= 0.6 is 0 Å². The molecule has 0 atom stereocenters. The molecule has 0 saturated carbocycles. The van der Waals surface area contributed by atoms with Gasteiger partial charge in [-0.3, -0.25) is 16.1 Å². The van der Waals surface area contributed by atoms with Gasteiger partial charge in [-0.15, -0.1) is 0 Å². The van der Waals surface area contributed by atoms with Crippen LogP contribution in [0.5, 0.6) is 0 Å². The Morgan fingerprint density at radius 2 is 1.95 bits per heavy atom. The van der Waals surface area contributed by atoms with Crippen LogP contribution in [0, 0.1) is 6.92 Å². The van der Waals surface area contributed by atoms with Gasteiger partial charge in [0.15, 0.2) is 0 Å². The van der Waals surface area contributed by atoms with E-state index in [1.165, 1.54) is 0 Å². The Bertz CT molecular complexity index is 454. The van der Waals surface area contributed by atoms with Crippen molar-refractivity contribution in [1.82, 2.24) is 15.3 Å². The number of anilines is 1. The molecule has 1 aliphatic heterocycles. The van der Waals surface area contributed by atoms with E-state index in [1.807, 2.05) is 30.1 Å². The molecule has 0 bridgehead atoms. The fourth-order valence-corrected chi connectivity index (χ4v) is 2.09. The third kappa shape index (κ3) is 3.44. The Morgan fingerprint density at radius 1 is 1.26 bits per heavy atom. The zero-order chi connectivity index (χ0) is 13.8. The lowest BCUT2D eigenvalue weighted by Crippen LogP contribution is -2.52. The average Bonchev–Trinajstić information content (AvgIpc) is 2.41. The lowest BCUT2D eigenvalue weighted by molar-refractivity contribution is 0.0663. The van der Waals surface area contributed by atoms with E-state index in [1.54, 1.807) is 0 Å². The molecule has 1 amide bonds. The Labute approximate surface area is 113 Å². The van der Waals surface area contributed by atoms with Gasteiger partial charge in [-0.1, -0.05) is 11.6 Å². The van der Waals surface area contributed by atoms with Crippen LogP contribution in [-0.2, 0) is 0 Å². The maximum Gasteiger partial charge on any atom is 0.267 e. The van der Waals surface area contributed by atoms with E-state index in [9.17, 15) is 4.79 Å². The monoisotopic (exact) mass is 263 g/mol. The SMILES string of the molecule is Cc1ccc(NN)c(C(=O)NN2CCN(C)CC2)c1. The molecule has 0 spiro atoms. The second-order valence-corrected chi connectivity index (χ2v) is 4.92. The number of carbonyl (C=O) groups is 1. The predicted molar refractivity (Wildman–Crippen MR) is 75.5 cm³/mol. The van der Waals surface area contributed by atoms with Gasteiger partial charge in [-0.2, -0.15) is 0 Å². The van der Waals surface area contributed by atoms with Gasteiger partial charge >= 0.3 is 0 Å². The molecular formula is C13H21N5O. The quantitative estimate of drug-likeness (QED) is 0.535. The highest BCUT2D eigenvalue weighted by Crippen LogP contribution is 2.16. The molecule has 1 aliphatic rings. The van der Waals surface area contributed by atoms with Gasteiger partial charge < -0.3 is 10.3 Å². The smallest absolute Gasteiger partial charge is 0.267 e. The van der Waals surface area contributed by atoms with Crippen molar-refractivity contribution >= 4 is 11.6 Å². The Kier molecular flexibility index (Phi) is 4.36. The summed E-state index contributed by atoms with van der Waals surface area (Å²) in [5.74, 6) is 5.32.